The third-order valence-corrected chi connectivity index (χ3v) is 5.92. The molecule has 2 aliphatic carbocycles. The molecule has 3 aliphatic rings. The molecule has 2 N–H and O–H groups in total. The molecule has 0 radical (unpaired) electrons. The van der Waals surface area contributed by atoms with Crippen molar-refractivity contribution in [3.05, 3.63) is 0 Å². The molecule has 0 bridgehead atoms. The second-order valence-electron chi connectivity index (χ2n) is 7.25. The Bertz CT molecular complexity index is 325. The Kier molecular flexibility index (Phi) is 4.98. The molecule has 0 spiro atoms. The predicted molar refractivity (Wildman–Crippen MR) is 81.4 cm³/mol. The van der Waals surface area contributed by atoms with Gasteiger partial charge in [-0.05, 0) is 62.9 Å². The minimum Gasteiger partial charge on any atom is -0.356 e. The van der Waals surface area contributed by atoms with E-state index in [1.54, 1.807) is 0 Å². The van der Waals surface area contributed by atoms with Gasteiger partial charge in [-0.25, -0.2) is 0 Å². The summed E-state index contributed by atoms with van der Waals surface area (Å²) in [5.74, 6) is 3.24. The third kappa shape index (κ3) is 3.55. The number of carbonyl (C=O) groups excluding carboxylic acids is 1. The fourth-order valence-electron chi connectivity index (χ4n) is 4.62. The predicted octanol–water partition coefficient (Wildman–Crippen LogP) is 2.71. The molecule has 3 nitrogen and oxygen atoms in total. The minimum atomic E-state index is 0.316. The van der Waals surface area contributed by atoms with Gasteiger partial charge in [0.2, 0.25) is 5.91 Å². The van der Waals surface area contributed by atoms with Crippen molar-refractivity contribution < 1.29 is 4.79 Å². The third-order valence-electron chi connectivity index (χ3n) is 5.92. The van der Waals surface area contributed by atoms with Crippen LogP contribution in [0.15, 0.2) is 0 Å². The average molecular weight is 278 g/mol. The van der Waals surface area contributed by atoms with Crippen LogP contribution in [0.5, 0.6) is 0 Å². The first kappa shape index (κ1) is 14.4. The van der Waals surface area contributed by atoms with Crippen molar-refractivity contribution >= 4 is 5.91 Å². The number of rotatable bonds is 4. The van der Waals surface area contributed by atoms with E-state index in [1.165, 1.54) is 44.9 Å². The number of carbonyl (C=O) groups is 1. The molecular formula is C17H30N2O. The Balaban J connectivity index is 1.38. The van der Waals surface area contributed by atoms with Gasteiger partial charge in [-0.3, -0.25) is 4.79 Å². The molecule has 1 amide bonds. The average Bonchev–Trinajstić information content (AvgIpc) is 3.00. The van der Waals surface area contributed by atoms with Gasteiger partial charge in [-0.2, -0.15) is 0 Å². The Hall–Kier alpha value is -0.570. The van der Waals surface area contributed by atoms with Crippen LogP contribution in [0, 0.1) is 23.7 Å². The first-order chi connectivity index (χ1) is 9.83. The second kappa shape index (κ2) is 6.93. The van der Waals surface area contributed by atoms with Crippen LogP contribution in [0.25, 0.3) is 0 Å². The molecule has 3 heteroatoms. The van der Waals surface area contributed by atoms with Crippen LogP contribution in [-0.4, -0.2) is 25.5 Å². The van der Waals surface area contributed by atoms with Gasteiger partial charge in [0.05, 0.1) is 0 Å². The molecule has 1 aliphatic heterocycles. The van der Waals surface area contributed by atoms with E-state index in [0.29, 0.717) is 11.8 Å². The van der Waals surface area contributed by atoms with E-state index in [4.69, 9.17) is 0 Å². The molecule has 1 saturated heterocycles. The van der Waals surface area contributed by atoms with Gasteiger partial charge in [-0.15, -0.1) is 0 Å². The fourth-order valence-corrected chi connectivity index (χ4v) is 4.62. The minimum absolute atomic E-state index is 0.316. The van der Waals surface area contributed by atoms with Crippen molar-refractivity contribution in [1.29, 1.82) is 0 Å². The Morgan fingerprint density at radius 1 is 1.05 bits per heavy atom. The van der Waals surface area contributed by atoms with Gasteiger partial charge in [-0.1, -0.05) is 25.7 Å². The molecule has 20 heavy (non-hydrogen) atoms. The quantitative estimate of drug-likeness (QED) is 0.830. The second-order valence-corrected chi connectivity index (χ2v) is 7.25. The van der Waals surface area contributed by atoms with Crippen LogP contribution in [-0.2, 0) is 4.79 Å². The largest absolute Gasteiger partial charge is 0.356 e. The number of amides is 1. The fraction of sp³-hybridized carbons (Fsp3) is 0.941. The van der Waals surface area contributed by atoms with E-state index in [1.807, 2.05) is 0 Å². The summed E-state index contributed by atoms with van der Waals surface area (Å²) < 4.78 is 0. The number of hydrogen-bond acceptors (Lipinski definition) is 2. The van der Waals surface area contributed by atoms with E-state index in [2.05, 4.69) is 10.6 Å². The summed E-state index contributed by atoms with van der Waals surface area (Å²) in [5.41, 5.74) is 0. The van der Waals surface area contributed by atoms with Crippen molar-refractivity contribution in [2.24, 2.45) is 23.7 Å². The van der Waals surface area contributed by atoms with Crippen molar-refractivity contribution in [2.45, 2.75) is 57.8 Å². The smallest absolute Gasteiger partial charge is 0.223 e. The van der Waals surface area contributed by atoms with Crippen LogP contribution >= 0.6 is 0 Å². The van der Waals surface area contributed by atoms with E-state index < -0.39 is 0 Å². The topological polar surface area (TPSA) is 41.1 Å². The molecule has 1 heterocycles. The monoisotopic (exact) mass is 278 g/mol. The highest BCUT2D eigenvalue weighted by Gasteiger charge is 2.34. The van der Waals surface area contributed by atoms with Gasteiger partial charge in [0.25, 0.3) is 0 Å². The van der Waals surface area contributed by atoms with Crippen LogP contribution in [0.4, 0.5) is 0 Å². The molecule has 0 aromatic carbocycles. The van der Waals surface area contributed by atoms with Gasteiger partial charge < -0.3 is 10.6 Å². The number of fused-ring (bicyclic) bond motifs is 1. The molecule has 3 rings (SSSR count). The lowest BCUT2D eigenvalue weighted by molar-refractivity contribution is -0.127. The van der Waals surface area contributed by atoms with Crippen molar-refractivity contribution in [3.63, 3.8) is 0 Å². The van der Waals surface area contributed by atoms with Gasteiger partial charge in [0, 0.05) is 12.5 Å². The maximum absolute atomic E-state index is 12.3. The van der Waals surface area contributed by atoms with Crippen LogP contribution < -0.4 is 10.6 Å². The maximum Gasteiger partial charge on any atom is 0.223 e. The van der Waals surface area contributed by atoms with E-state index in [9.17, 15) is 4.79 Å². The highest BCUT2D eigenvalue weighted by atomic mass is 16.1. The maximum atomic E-state index is 12.3. The zero-order valence-electron chi connectivity index (χ0n) is 12.7. The zero-order chi connectivity index (χ0) is 13.8. The highest BCUT2D eigenvalue weighted by Crippen LogP contribution is 2.42. The van der Waals surface area contributed by atoms with E-state index in [0.717, 1.165) is 50.2 Å². The van der Waals surface area contributed by atoms with E-state index in [-0.39, 0.29) is 0 Å². The SMILES string of the molecule is O=C(NCCC1CCNC1)C1CCC2CCCCC2C1. The zero-order valence-corrected chi connectivity index (χ0v) is 12.7. The summed E-state index contributed by atoms with van der Waals surface area (Å²) in [6.45, 7) is 3.18. The molecule has 3 fully saturated rings. The summed E-state index contributed by atoms with van der Waals surface area (Å²) in [6.07, 6.45) is 11.7. The molecule has 0 aromatic heterocycles. The van der Waals surface area contributed by atoms with E-state index >= 15 is 0 Å². The summed E-state index contributed by atoms with van der Waals surface area (Å²) >= 11 is 0. The molecule has 0 aromatic rings. The first-order valence-electron chi connectivity index (χ1n) is 8.81. The molecule has 4 unspecified atom stereocenters. The summed E-state index contributed by atoms with van der Waals surface area (Å²) in [6, 6.07) is 0. The lowest BCUT2D eigenvalue weighted by Gasteiger charge is -2.38. The standard InChI is InChI=1S/C17H30N2O/c20-17(19-10-8-13-7-9-18-12-13)16-6-5-14-3-1-2-4-15(14)11-16/h13-16,18H,1-12H2,(H,19,20). The molecular weight excluding hydrogens is 248 g/mol. The van der Waals surface area contributed by atoms with Crippen molar-refractivity contribution in [1.82, 2.24) is 10.6 Å². The van der Waals surface area contributed by atoms with Crippen LogP contribution in [0.3, 0.4) is 0 Å². The summed E-state index contributed by atoms with van der Waals surface area (Å²) in [4.78, 5) is 12.3. The Morgan fingerprint density at radius 2 is 1.90 bits per heavy atom. The van der Waals surface area contributed by atoms with Crippen LogP contribution in [0.2, 0.25) is 0 Å². The van der Waals surface area contributed by atoms with Gasteiger partial charge >= 0.3 is 0 Å². The van der Waals surface area contributed by atoms with Crippen molar-refractivity contribution in [2.75, 3.05) is 19.6 Å². The summed E-state index contributed by atoms with van der Waals surface area (Å²) in [5, 5.41) is 6.60. The Labute approximate surface area is 123 Å². The number of hydrogen-bond donors (Lipinski definition) is 2. The number of nitrogens with one attached hydrogen (secondary N) is 2. The van der Waals surface area contributed by atoms with Crippen molar-refractivity contribution in [3.8, 4) is 0 Å². The van der Waals surface area contributed by atoms with Gasteiger partial charge in [0.15, 0.2) is 0 Å². The molecule has 2 saturated carbocycles. The normalized spacial score (nSPS) is 37.4. The van der Waals surface area contributed by atoms with Gasteiger partial charge in [0.1, 0.15) is 0 Å². The summed E-state index contributed by atoms with van der Waals surface area (Å²) in [7, 11) is 0. The lowest BCUT2D eigenvalue weighted by atomic mass is 9.67. The van der Waals surface area contributed by atoms with Crippen LogP contribution in [0.1, 0.15) is 57.8 Å². The first-order valence-corrected chi connectivity index (χ1v) is 8.81. The highest BCUT2D eigenvalue weighted by molar-refractivity contribution is 5.78. The molecule has 114 valence electrons. The Morgan fingerprint density at radius 3 is 2.70 bits per heavy atom. The lowest BCUT2D eigenvalue weighted by Crippen LogP contribution is -2.38. The molecule has 4 atom stereocenters.